The maximum absolute atomic E-state index is 2.57. The SMILES string of the molecule is C[Si]1(C)c2ccccc2-c2ccc3c(c4c(n3-c3ccccc3)CCCC4)c21. The lowest BCUT2D eigenvalue weighted by Crippen LogP contribution is -2.49. The van der Waals surface area contributed by atoms with E-state index in [1.54, 1.807) is 27.0 Å². The lowest BCUT2D eigenvalue weighted by Gasteiger charge is -2.21. The lowest BCUT2D eigenvalue weighted by atomic mass is 9.94. The molecule has 2 heteroatoms. The van der Waals surface area contributed by atoms with Crippen molar-refractivity contribution in [2.24, 2.45) is 0 Å². The predicted molar refractivity (Wildman–Crippen MR) is 122 cm³/mol. The third-order valence-electron chi connectivity index (χ3n) is 6.96. The fraction of sp³-hybridized carbons (Fsp3) is 0.231. The van der Waals surface area contributed by atoms with Crippen molar-refractivity contribution < 1.29 is 0 Å². The topological polar surface area (TPSA) is 4.93 Å². The van der Waals surface area contributed by atoms with Gasteiger partial charge in [-0.3, -0.25) is 0 Å². The number of nitrogens with zero attached hydrogens (tertiary/aromatic N) is 1. The van der Waals surface area contributed by atoms with Crippen molar-refractivity contribution in [3.63, 3.8) is 0 Å². The fourth-order valence-electron chi connectivity index (χ4n) is 5.78. The van der Waals surface area contributed by atoms with Gasteiger partial charge in [0.25, 0.3) is 0 Å². The molecule has 1 aliphatic heterocycles. The van der Waals surface area contributed by atoms with Crippen LogP contribution in [0.3, 0.4) is 0 Å². The maximum Gasteiger partial charge on any atom is 0.114 e. The molecule has 2 heterocycles. The van der Waals surface area contributed by atoms with Crippen LogP contribution in [0.2, 0.25) is 13.1 Å². The minimum absolute atomic E-state index is 1.20. The minimum atomic E-state index is -1.71. The Labute approximate surface area is 167 Å². The lowest BCUT2D eigenvalue weighted by molar-refractivity contribution is 0.667. The minimum Gasteiger partial charge on any atom is -0.313 e. The molecule has 4 aromatic rings. The van der Waals surface area contributed by atoms with Crippen molar-refractivity contribution in [1.29, 1.82) is 0 Å². The van der Waals surface area contributed by atoms with E-state index in [2.05, 4.69) is 84.4 Å². The molecule has 138 valence electrons. The predicted octanol–water partition coefficient (Wildman–Crippen LogP) is 5.31. The van der Waals surface area contributed by atoms with E-state index >= 15 is 0 Å². The number of aromatic nitrogens is 1. The largest absolute Gasteiger partial charge is 0.313 e. The van der Waals surface area contributed by atoms with Gasteiger partial charge in [-0.1, -0.05) is 61.6 Å². The maximum atomic E-state index is 2.57. The fourth-order valence-corrected chi connectivity index (χ4v) is 9.25. The molecule has 0 atom stereocenters. The third-order valence-corrected chi connectivity index (χ3v) is 10.5. The molecule has 0 spiro atoms. The van der Waals surface area contributed by atoms with Crippen molar-refractivity contribution in [2.75, 3.05) is 0 Å². The van der Waals surface area contributed by atoms with Crippen molar-refractivity contribution in [3.05, 3.63) is 78.0 Å². The number of rotatable bonds is 1. The highest BCUT2D eigenvalue weighted by Crippen LogP contribution is 2.39. The van der Waals surface area contributed by atoms with Gasteiger partial charge in [-0.2, -0.15) is 0 Å². The van der Waals surface area contributed by atoms with E-state index in [1.807, 2.05) is 0 Å². The van der Waals surface area contributed by atoms with E-state index in [1.165, 1.54) is 48.0 Å². The van der Waals surface area contributed by atoms with Gasteiger partial charge >= 0.3 is 0 Å². The highest BCUT2D eigenvalue weighted by molar-refractivity contribution is 7.05. The molecule has 0 saturated carbocycles. The zero-order valence-corrected chi connectivity index (χ0v) is 17.6. The summed E-state index contributed by atoms with van der Waals surface area (Å²) in [7, 11) is -1.71. The average Bonchev–Trinajstić information content (AvgIpc) is 3.19. The van der Waals surface area contributed by atoms with Crippen molar-refractivity contribution in [3.8, 4) is 16.8 Å². The third kappa shape index (κ3) is 2.02. The molecule has 1 nitrogen and oxygen atoms in total. The van der Waals surface area contributed by atoms with Gasteiger partial charge in [0.1, 0.15) is 8.07 Å². The summed E-state index contributed by atoms with van der Waals surface area (Å²) in [5.74, 6) is 0. The van der Waals surface area contributed by atoms with E-state index in [9.17, 15) is 0 Å². The summed E-state index contributed by atoms with van der Waals surface area (Å²) in [6.45, 7) is 5.10. The number of aryl methyl sites for hydroxylation is 1. The average molecular weight is 380 g/mol. The van der Waals surface area contributed by atoms with Crippen LogP contribution >= 0.6 is 0 Å². The number of hydrogen-bond donors (Lipinski definition) is 0. The van der Waals surface area contributed by atoms with Gasteiger partial charge in [-0.05, 0) is 70.9 Å². The summed E-state index contributed by atoms with van der Waals surface area (Å²) >= 11 is 0. The van der Waals surface area contributed by atoms with E-state index in [4.69, 9.17) is 0 Å². The molecule has 1 aliphatic carbocycles. The van der Waals surface area contributed by atoms with Crippen LogP contribution in [0.15, 0.2) is 66.7 Å². The van der Waals surface area contributed by atoms with Gasteiger partial charge in [-0.15, -0.1) is 0 Å². The standard InChI is InChI=1S/C26H25NSi/c1-28(2)24-15-9-7-12-19(24)20-16-17-23-25(26(20)28)21-13-6-8-14-22(21)27(23)18-10-4-3-5-11-18/h3-5,7,9-12,15-17H,6,8,13-14H2,1-2H3. The van der Waals surface area contributed by atoms with Crippen LogP contribution in [-0.4, -0.2) is 12.6 Å². The van der Waals surface area contributed by atoms with Crippen LogP contribution in [0.4, 0.5) is 0 Å². The molecule has 2 aliphatic rings. The number of fused-ring (bicyclic) bond motifs is 7. The van der Waals surface area contributed by atoms with Gasteiger partial charge in [0.05, 0.1) is 5.52 Å². The summed E-state index contributed by atoms with van der Waals surface area (Å²) < 4.78 is 2.57. The molecule has 0 amide bonds. The molecule has 0 N–H and O–H groups in total. The molecule has 1 aromatic heterocycles. The van der Waals surface area contributed by atoms with Crippen LogP contribution < -0.4 is 10.4 Å². The first-order valence-corrected chi connectivity index (χ1v) is 13.5. The molecule has 0 radical (unpaired) electrons. The highest BCUT2D eigenvalue weighted by Gasteiger charge is 2.40. The Hall–Kier alpha value is -2.58. The summed E-state index contributed by atoms with van der Waals surface area (Å²) in [5.41, 5.74) is 8.90. The molecule has 3 aromatic carbocycles. The first-order chi connectivity index (χ1) is 13.7. The molecule has 0 fully saturated rings. The van der Waals surface area contributed by atoms with E-state index in [0.717, 1.165) is 0 Å². The van der Waals surface area contributed by atoms with Gasteiger partial charge in [0, 0.05) is 16.8 Å². The summed E-state index contributed by atoms with van der Waals surface area (Å²) in [4.78, 5) is 0. The monoisotopic (exact) mass is 379 g/mol. The second kappa shape index (κ2) is 5.71. The Bertz CT molecular complexity index is 1230. The first-order valence-electron chi connectivity index (χ1n) is 10.5. The second-order valence-electron chi connectivity index (χ2n) is 8.86. The van der Waals surface area contributed by atoms with Crippen LogP contribution in [-0.2, 0) is 12.8 Å². The molecule has 0 unspecified atom stereocenters. The number of hydrogen-bond acceptors (Lipinski definition) is 0. The number of benzene rings is 3. The molecule has 0 saturated heterocycles. The van der Waals surface area contributed by atoms with Crippen LogP contribution in [0.1, 0.15) is 24.1 Å². The summed E-state index contributed by atoms with van der Waals surface area (Å²) in [6.07, 6.45) is 5.05. The molecule has 28 heavy (non-hydrogen) atoms. The van der Waals surface area contributed by atoms with E-state index in [-0.39, 0.29) is 0 Å². The van der Waals surface area contributed by atoms with E-state index < -0.39 is 8.07 Å². The Morgan fingerprint density at radius 2 is 1.50 bits per heavy atom. The first kappa shape index (κ1) is 16.4. The zero-order chi connectivity index (χ0) is 18.9. The summed E-state index contributed by atoms with van der Waals surface area (Å²) in [6, 6.07) is 24.9. The normalized spacial score (nSPS) is 16.6. The van der Waals surface area contributed by atoms with Crippen LogP contribution in [0.25, 0.3) is 27.7 Å². The van der Waals surface area contributed by atoms with Gasteiger partial charge in [0.15, 0.2) is 0 Å². The number of para-hydroxylation sites is 1. The van der Waals surface area contributed by atoms with Crippen LogP contribution in [0.5, 0.6) is 0 Å². The molecule has 6 rings (SSSR count). The Morgan fingerprint density at radius 3 is 2.36 bits per heavy atom. The molecular formula is C26H25NSi. The zero-order valence-electron chi connectivity index (χ0n) is 16.6. The smallest absolute Gasteiger partial charge is 0.114 e. The molecule has 0 bridgehead atoms. The van der Waals surface area contributed by atoms with Gasteiger partial charge < -0.3 is 4.57 Å². The Morgan fingerprint density at radius 1 is 0.750 bits per heavy atom. The highest BCUT2D eigenvalue weighted by atomic mass is 28.3. The van der Waals surface area contributed by atoms with Crippen molar-refractivity contribution in [2.45, 2.75) is 38.8 Å². The second-order valence-corrected chi connectivity index (χ2v) is 13.1. The molecular weight excluding hydrogens is 354 g/mol. The quantitative estimate of drug-likeness (QED) is 0.395. The van der Waals surface area contributed by atoms with Crippen molar-refractivity contribution in [1.82, 2.24) is 4.57 Å². The Kier molecular flexibility index (Phi) is 3.34. The summed E-state index contributed by atoms with van der Waals surface area (Å²) in [5, 5.41) is 4.87. The van der Waals surface area contributed by atoms with Crippen LogP contribution in [0, 0.1) is 0 Å². The van der Waals surface area contributed by atoms with Gasteiger partial charge in [-0.25, -0.2) is 0 Å². The van der Waals surface area contributed by atoms with Crippen molar-refractivity contribution >= 4 is 29.4 Å². The van der Waals surface area contributed by atoms with Gasteiger partial charge in [0.2, 0.25) is 0 Å². The van der Waals surface area contributed by atoms with E-state index in [0.29, 0.717) is 0 Å². The Balaban J connectivity index is 1.77.